The number of primary amides is 2. The standard InChI is InChI=1S/C22H40N6O7/c1-11(2)9-15(27-19(31)13(23)5-7-17(24)29)21(33)26-14(6-8-18(25)30)20(32)28-16(22(34)35)10-12(3)4/h11-16H,5-10,23H2,1-4H3,(H2,24,29)(H2,25,30)(H,26,33)(H,27,31)(H,28,32)(H,34,35). The van der Waals surface area contributed by atoms with E-state index < -0.39 is 59.7 Å². The molecule has 10 N–H and O–H groups in total. The lowest BCUT2D eigenvalue weighted by atomic mass is 10.0. The van der Waals surface area contributed by atoms with Crippen molar-refractivity contribution in [1.29, 1.82) is 0 Å². The molecular weight excluding hydrogens is 460 g/mol. The molecule has 35 heavy (non-hydrogen) atoms. The van der Waals surface area contributed by atoms with Gasteiger partial charge in [0.05, 0.1) is 6.04 Å². The molecule has 5 amide bonds. The number of rotatable bonds is 17. The third-order valence-electron chi connectivity index (χ3n) is 5.01. The molecule has 4 unspecified atom stereocenters. The first-order valence-electron chi connectivity index (χ1n) is 11.6. The van der Waals surface area contributed by atoms with Crippen molar-refractivity contribution in [2.45, 2.75) is 90.4 Å². The number of carboxylic acid groups (broad SMARTS) is 1. The smallest absolute Gasteiger partial charge is 0.326 e. The molecule has 0 aromatic rings. The molecule has 0 aromatic heterocycles. The Morgan fingerprint density at radius 2 is 1.06 bits per heavy atom. The van der Waals surface area contributed by atoms with Gasteiger partial charge in [-0.1, -0.05) is 27.7 Å². The molecule has 0 heterocycles. The van der Waals surface area contributed by atoms with Gasteiger partial charge in [-0.3, -0.25) is 24.0 Å². The summed E-state index contributed by atoms with van der Waals surface area (Å²) in [5.41, 5.74) is 16.0. The zero-order chi connectivity index (χ0) is 27.3. The minimum Gasteiger partial charge on any atom is -0.480 e. The number of amides is 5. The summed E-state index contributed by atoms with van der Waals surface area (Å²) in [6.45, 7) is 7.23. The van der Waals surface area contributed by atoms with Crippen molar-refractivity contribution < 1.29 is 33.9 Å². The molecular formula is C22H40N6O7. The lowest BCUT2D eigenvalue weighted by Gasteiger charge is -2.26. The molecule has 13 nitrogen and oxygen atoms in total. The third kappa shape index (κ3) is 13.9. The van der Waals surface area contributed by atoms with E-state index in [2.05, 4.69) is 16.0 Å². The molecule has 0 fully saturated rings. The Kier molecular flexibility index (Phi) is 14.2. The van der Waals surface area contributed by atoms with E-state index in [4.69, 9.17) is 17.2 Å². The highest BCUT2D eigenvalue weighted by Crippen LogP contribution is 2.09. The normalized spacial score (nSPS) is 14.5. The second kappa shape index (κ2) is 15.6. The van der Waals surface area contributed by atoms with Gasteiger partial charge in [0.1, 0.15) is 18.1 Å². The van der Waals surface area contributed by atoms with Crippen LogP contribution in [0, 0.1) is 11.8 Å². The number of nitrogens with one attached hydrogen (secondary N) is 3. The minimum atomic E-state index is -1.26. The molecule has 0 spiro atoms. The Morgan fingerprint density at radius 3 is 1.51 bits per heavy atom. The topological polar surface area (TPSA) is 237 Å². The van der Waals surface area contributed by atoms with Gasteiger partial charge in [0, 0.05) is 12.8 Å². The molecule has 0 aliphatic rings. The summed E-state index contributed by atoms with van der Waals surface area (Å²) >= 11 is 0. The monoisotopic (exact) mass is 500 g/mol. The van der Waals surface area contributed by atoms with E-state index >= 15 is 0 Å². The second-order valence-electron chi connectivity index (χ2n) is 9.40. The van der Waals surface area contributed by atoms with Crippen LogP contribution < -0.4 is 33.2 Å². The van der Waals surface area contributed by atoms with Crippen LogP contribution in [0.2, 0.25) is 0 Å². The van der Waals surface area contributed by atoms with Crippen molar-refractivity contribution in [3.8, 4) is 0 Å². The number of hydrogen-bond donors (Lipinski definition) is 7. The Labute approximate surface area is 205 Å². The van der Waals surface area contributed by atoms with Crippen LogP contribution in [-0.2, 0) is 28.8 Å². The summed E-state index contributed by atoms with van der Waals surface area (Å²) in [7, 11) is 0. The van der Waals surface area contributed by atoms with Crippen molar-refractivity contribution in [2.75, 3.05) is 0 Å². The van der Waals surface area contributed by atoms with Gasteiger partial charge in [0.25, 0.3) is 0 Å². The first-order chi connectivity index (χ1) is 16.1. The Bertz CT molecular complexity index is 771. The predicted molar refractivity (Wildman–Crippen MR) is 127 cm³/mol. The van der Waals surface area contributed by atoms with Gasteiger partial charge in [-0.2, -0.15) is 0 Å². The maximum atomic E-state index is 13.0. The van der Waals surface area contributed by atoms with Crippen molar-refractivity contribution in [3.63, 3.8) is 0 Å². The number of hydrogen-bond acceptors (Lipinski definition) is 7. The van der Waals surface area contributed by atoms with Crippen LogP contribution in [0.25, 0.3) is 0 Å². The van der Waals surface area contributed by atoms with Crippen LogP contribution in [0.5, 0.6) is 0 Å². The van der Waals surface area contributed by atoms with Crippen molar-refractivity contribution in [2.24, 2.45) is 29.0 Å². The zero-order valence-corrected chi connectivity index (χ0v) is 20.8. The van der Waals surface area contributed by atoms with E-state index in [1.807, 2.05) is 13.8 Å². The SMILES string of the molecule is CC(C)CC(NC(=O)C(CCC(N)=O)NC(=O)C(CC(C)C)NC(=O)C(N)CCC(N)=O)C(=O)O. The van der Waals surface area contributed by atoms with Gasteiger partial charge in [-0.05, 0) is 37.5 Å². The Morgan fingerprint density at radius 1 is 0.657 bits per heavy atom. The minimum absolute atomic E-state index is 0.00669. The molecule has 13 heteroatoms. The fraction of sp³-hybridized carbons (Fsp3) is 0.727. The summed E-state index contributed by atoms with van der Waals surface area (Å²) in [6.07, 6.45) is -0.150. The summed E-state index contributed by atoms with van der Waals surface area (Å²) in [4.78, 5) is 72.0. The molecule has 4 atom stereocenters. The quantitative estimate of drug-likeness (QED) is 0.123. The van der Waals surface area contributed by atoms with Crippen LogP contribution >= 0.6 is 0 Å². The molecule has 0 aromatic carbocycles. The number of carboxylic acids is 1. The molecule has 0 radical (unpaired) electrons. The van der Waals surface area contributed by atoms with Gasteiger partial charge in [-0.25, -0.2) is 4.79 Å². The van der Waals surface area contributed by atoms with Gasteiger partial charge >= 0.3 is 5.97 Å². The van der Waals surface area contributed by atoms with Crippen molar-refractivity contribution in [1.82, 2.24) is 16.0 Å². The summed E-state index contributed by atoms with van der Waals surface area (Å²) < 4.78 is 0. The largest absolute Gasteiger partial charge is 0.480 e. The summed E-state index contributed by atoms with van der Waals surface area (Å²) in [5.74, 6) is -4.80. The van der Waals surface area contributed by atoms with Crippen LogP contribution in [-0.4, -0.2) is 64.8 Å². The van der Waals surface area contributed by atoms with Crippen molar-refractivity contribution in [3.05, 3.63) is 0 Å². The van der Waals surface area contributed by atoms with E-state index in [0.717, 1.165) is 0 Å². The number of aliphatic carboxylic acids is 1. The van der Waals surface area contributed by atoms with Gasteiger partial charge in [-0.15, -0.1) is 0 Å². The van der Waals surface area contributed by atoms with Crippen LogP contribution in [0.15, 0.2) is 0 Å². The van der Waals surface area contributed by atoms with E-state index in [0.29, 0.717) is 0 Å². The highest BCUT2D eigenvalue weighted by Gasteiger charge is 2.31. The lowest BCUT2D eigenvalue weighted by Crippen LogP contribution is -2.57. The second-order valence-corrected chi connectivity index (χ2v) is 9.40. The Hall–Kier alpha value is -3.22. The van der Waals surface area contributed by atoms with Gasteiger partial charge in [0.2, 0.25) is 29.5 Å². The van der Waals surface area contributed by atoms with Crippen molar-refractivity contribution >= 4 is 35.5 Å². The van der Waals surface area contributed by atoms with Crippen LogP contribution in [0.4, 0.5) is 0 Å². The molecule has 0 saturated carbocycles. The highest BCUT2D eigenvalue weighted by molar-refractivity contribution is 5.94. The average Bonchev–Trinajstić information content (AvgIpc) is 2.72. The van der Waals surface area contributed by atoms with E-state index in [1.165, 1.54) is 0 Å². The fourth-order valence-corrected chi connectivity index (χ4v) is 3.20. The fourth-order valence-electron chi connectivity index (χ4n) is 3.20. The number of nitrogens with two attached hydrogens (primary N) is 3. The van der Waals surface area contributed by atoms with Gasteiger partial charge < -0.3 is 38.3 Å². The maximum Gasteiger partial charge on any atom is 0.326 e. The number of carbonyl (C=O) groups excluding carboxylic acids is 5. The highest BCUT2D eigenvalue weighted by atomic mass is 16.4. The van der Waals surface area contributed by atoms with E-state index in [1.54, 1.807) is 13.8 Å². The average molecular weight is 501 g/mol. The van der Waals surface area contributed by atoms with Gasteiger partial charge in [0.15, 0.2) is 0 Å². The molecule has 0 rings (SSSR count). The molecule has 0 bridgehead atoms. The summed E-state index contributed by atoms with van der Waals surface area (Å²) in [6, 6.07) is -4.60. The first-order valence-corrected chi connectivity index (χ1v) is 11.6. The van der Waals surface area contributed by atoms with E-state index in [-0.39, 0.29) is 50.4 Å². The first kappa shape index (κ1) is 31.8. The molecule has 200 valence electrons. The van der Waals surface area contributed by atoms with E-state index in [9.17, 15) is 33.9 Å². The number of carbonyl (C=O) groups is 6. The maximum absolute atomic E-state index is 13.0. The third-order valence-corrected chi connectivity index (χ3v) is 5.01. The molecule has 0 aliphatic heterocycles. The Balaban J connectivity index is 5.56. The zero-order valence-electron chi connectivity index (χ0n) is 20.8. The molecule has 0 aliphatic carbocycles. The lowest BCUT2D eigenvalue weighted by molar-refractivity contribution is -0.143. The molecule has 0 saturated heterocycles. The predicted octanol–water partition coefficient (Wildman–Crippen LogP) is -1.52. The van der Waals surface area contributed by atoms with Crippen LogP contribution in [0.1, 0.15) is 66.2 Å². The summed E-state index contributed by atoms with van der Waals surface area (Å²) in [5, 5.41) is 16.8. The van der Waals surface area contributed by atoms with Crippen LogP contribution in [0.3, 0.4) is 0 Å².